The third-order valence-electron chi connectivity index (χ3n) is 2.95. The van der Waals surface area contributed by atoms with Gasteiger partial charge < -0.3 is 20.1 Å². The van der Waals surface area contributed by atoms with Gasteiger partial charge in [0.25, 0.3) is 0 Å². The fraction of sp³-hybridized carbons (Fsp3) is 0.308. The maximum absolute atomic E-state index is 10.4. The van der Waals surface area contributed by atoms with Crippen LogP contribution in [0.15, 0.2) is 30.6 Å². The van der Waals surface area contributed by atoms with Crippen LogP contribution >= 0.6 is 0 Å². The Bertz CT molecular complexity index is 537. The number of hydrogen-bond donors (Lipinski definition) is 2. The zero-order valence-corrected chi connectivity index (χ0v) is 10.5. The van der Waals surface area contributed by atoms with Gasteiger partial charge in [-0.1, -0.05) is 12.1 Å². The summed E-state index contributed by atoms with van der Waals surface area (Å²) >= 11 is 0. The Morgan fingerprint density at radius 1 is 1.50 bits per heavy atom. The molecule has 1 atom stereocenters. The second-order valence-corrected chi connectivity index (χ2v) is 3.94. The van der Waals surface area contributed by atoms with Crippen LogP contribution in [0.2, 0.25) is 0 Å². The lowest BCUT2D eigenvalue weighted by atomic mass is 10.1. The standard InChI is InChI=1S/C13H17N3O2/c1-3-16-8-7-15-13(16)12(17)9-5-4-6-10(18-2)11(9)14/h4-8,12,17H,3,14H2,1-2H3. The SMILES string of the molecule is CCn1ccnc1C(O)c1cccc(OC)c1N. The zero-order chi connectivity index (χ0) is 13.1. The predicted octanol–water partition coefficient (Wildman–Crippen LogP) is 1.58. The number of anilines is 1. The van der Waals surface area contributed by atoms with E-state index in [9.17, 15) is 5.11 Å². The smallest absolute Gasteiger partial charge is 0.142 e. The molecule has 2 rings (SSSR count). The van der Waals surface area contributed by atoms with Crippen molar-refractivity contribution in [3.8, 4) is 5.75 Å². The quantitative estimate of drug-likeness (QED) is 0.804. The second-order valence-electron chi connectivity index (χ2n) is 3.94. The highest BCUT2D eigenvalue weighted by atomic mass is 16.5. The van der Waals surface area contributed by atoms with Crippen LogP contribution in [0, 0.1) is 0 Å². The summed E-state index contributed by atoms with van der Waals surface area (Å²) in [6, 6.07) is 5.34. The van der Waals surface area contributed by atoms with E-state index in [0.29, 0.717) is 22.8 Å². The van der Waals surface area contributed by atoms with E-state index in [1.807, 2.05) is 17.7 Å². The molecule has 1 heterocycles. The number of rotatable bonds is 4. The number of aliphatic hydroxyl groups is 1. The van der Waals surface area contributed by atoms with Crippen LogP contribution < -0.4 is 10.5 Å². The normalized spacial score (nSPS) is 12.4. The Morgan fingerprint density at radius 3 is 2.94 bits per heavy atom. The van der Waals surface area contributed by atoms with Gasteiger partial charge in [-0.05, 0) is 13.0 Å². The molecule has 96 valence electrons. The van der Waals surface area contributed by atoms with Crippen LogP contribution in [0.4, 0.5) is 5.69 Å². The molecule has 0 bridgehead atoms. The first-order valence-electron chi connectivity index (χ1n) is 5.80. The molecule has 5 nitrogen and oxygen atoms in total. The molecule has 5 heteroatoms. The van der Waals surface area contributed by atoms with Crippen molar-refractivity contribution in [3.05, 3.63) is 42.0 Å². The van der Waals surface area contributed by atoms with Gasteiger partial charge in [0, 0.05) is 24.5 Å². The first-order valence-corrected chi connectivity index (χ1v) is 5.80. The summed E-state index contributed by atoms with van der Waals surface area (Å²) < 4.78 is 7.02. The first-order chi connectivity index (χ1) is 8.69. The number of para-hydroxylation sites is 1. The number of benzene rings is 1. The molecular weight excluding hydrogens is 230 g/mol. The van der Waals surface area contributed by atoms with Crippen molar-refractivity contribution in [1.29, 1.82) is 0 Å². The summed E-state index contributed by atoms with van der Waals surface area (Å²) in [5.41, 5.74) is 7.02. The van der Waals surface area contributed by atoms with Gasteiger partial charge in [0.15, 0.2) is 0 Å². The van der Waals surface area contributed by atoms with E-state index in [0.717, 1.165) is 6.54 Å². The van der Waals surface area contributed by atoms with E-state index in [1.165, 1.54) is 0 Å². The molecule has 0 saturated carbocycles. The topological polar surface area (TPSA) is 73.3 Å². The molecule has 0 aliphatic carbocycles. The average Bonchev–Trinajstić information content (AvgIpc) is 2.86. The second kappa shape index (κ2) is 5.10. The first kappa shape index (κ1) is 12.4. The third-order valence-corrected chi connectivity index (χ3v) is 2.95. The van der Waals surface area contributed by atoms with Gasteiger partial charge in [-0.15, -0.1) is 0 Å². The van der Waals surface area contributed by atoms with Gasteiger partial charge in [-0.2, -0.15) is 0 Å². The number of nitrogens with two attached hydrogens (primary N) is 1. The minimum Gasteiger partial charge on any atom is -0.495 e. The van der Waals surface area contributed by atoms with Crippen LogP contribution in [0.1, 0.15) is 24.4 Å². The molecule has 0 spiro atoms. The Labute approximate surface area is 106 Å². The van der Waals surface area contributed by atoms with Crippen molar-refractivity contribution >= 4 is 5.69 Å². The highest BCUT2D eigenvalue weighted by Crippen LogP contribution is 2.32. The summed E-state index contributed by atoms with van der Waals surface area (Å²) in [5.74, 6) is 1.14. The largest absolute Gasteiger partial charge is 0.495 e. The molecule has 0 fully saturated rings. The van der Waals surface area contributed by atoms with Crippen LogP contribution in [0.5, 0.6) is 5.75 Å². The van der Waals surface area contributed by atoms with Crippen LogP contribution in [0.25, 0.3) is 0 Å². The Balaban J connectivity index is 2.43. The van der Waals surface area contributed by atoms with E-state index >= 15 is 0 Å². The lowest BCUT2D eigenvalue weighted by Crippen LogP contribution is -2.11. The van der Waals surface area contributed by atoms with Gasteiger partial charge in [0.1, 0.15) is 17.7 Å². The van der Waals surface area contributed by atoms with E-state index in [1.54, 1.807) is 31.5 Å². The van der Waals surface area contributed by atoms with Crippen molar-refractivity contribution < 1.29 is 9.84 Å². The number of aliphatic hydroxyl groups excluding tert-OH is 1. The molecule has 0 radical (unpaired) electrons. The van der Waals surface area contributed by atoms with Crippen molar-refractivity contribution in [2.24, 2.45) is 0 Å². The maximum atomic E-state index is 10.4. The van der Waals surface area contributed by atoms with E-state index < -0.39 is 6.10 Å². The Kier molecular flexibility index (Phi) is 3.53. The van der Waals surface area contributed by atoms with Crippen LogP contribution in [0.3, 0.4) is 0 Å². The predicted molar refractivity (Wildman–Crippen MR) is 69.4 cm³/mol. The minimum atomic E-state index is -0.852. The molecule has 0 aliphatic heterocycles. The van der Waals surface area contributed by atoms with E-state index in [4.69, 9.17) is 10.5 Å². The number of hydrogen-bond acceptors (Lipinski definition) is 4. The van der Waals surface area contributed by atoms with Gasteiger partial charge in [-0.3, -0.25) is 0 Å². The van der Waals surface area contributed by atoms with Gasteiger partial charge in [-0.25, -0.2) is 4.98 Å². The number of ether oxygens (including phenoxy) is 1. The van der Waals surface area contributed by atoms with Gasteiger partial charge in [0.05, 0.1) is 12.8 Å². The Hall–Kier alpha value is -2.01. The number of imidazole rings is 1. The summed E-state index contributed by atoms with van der Waals surface area (Å²) in [6.45, 7) is 2.74. The maximum Gasteiger partial charge on any atom is 0.142 e. The molecular formula is C13H17N3O2. The molecule has 18 heavy (non-hydrogen) atoms. The highest BCUT2D eigenvalue weighted by Gasteiger charge is 2.19. The molecule has 1 aromatic carbocycles. The van der Waals surface area contributed by atoms with Crippen molar-refractivity contribution in [1.82, 2.24) is 9.55 Å². The Morgan fingerprint density at radius 2 is 2.28 bits per heavy atom. The monoisotopic (exact) mass is 247 g/mol. The number of nitrogen functional groups attached to an aromatic ring is 1. The van der Waals surface area contributed by atoms with E-state index in [2.05, 4.69) is 4.98 Å². The van der Waals surface area contributed by atoms with Crippen molar-refractivity contribution in [2.75, 3.05) is 12.8 Å². The van der Waals surface area contributed by atoms with E-state index in [-0.39, 0.29) is 0 Å². The number of methoxy groups -OCH3 is 1. The lowest BCUT2D eigenvalue weighted by Gasteiger charge is -2.16. The molecule has 0 amide bonds. The fourth-order valence-electron chi connectivity index (χ4n) is 1.95. The van der Waals surface area contributed by atoms with Gasteiger partial charge >= 0.3 is 0 Å². The molecule has 2 aromatic rings. The summed E-state index contributed by atoms with van der Waals surface area (Å²) in [7, 11) is 1.55. The van der Waals surface area contributed by atoms with Crippen LogP contribution in [-0.2, 0) is 6.54 Å². The molecule has 1 unspecified atom stereocenters. The zero-order valence-electron chi connectivity index (χ0n) is 10.5. The lowest BCUT2D eigenvalue weighted by molar-refractivity contribution is 0.205. The summed E-state index contributed by atoms with van der Waals surface area (Å²) in [6.07, 6.45) is 2.64. The minimum absolute atomic E-state index is 0.443. The van der Waals surface area contributed by atoms with Crippen molar-refractivity contribution in [3.63, 3.8) is 0 Å². The number of aromatic nitrogens is 2. The van der Waals surface area contributed by atoms with Crippen LogP contribution in [-0.4, -0.2) is 21.8 Å². The van der Waals surface area contributed by atoms with Gasteiger partial charge in [0.2, 0.25) is 0 Å². The fourth-order valence-corrected chi connectivity index (χ4v) is 1.95. The number of aryl methyl sites for hydroxylation is 1. The summed E-state index contributed by atoms with van der Waals surface area (Å²) in [4.78, 5) is 4.18. The molecule has 0 saturated heterocycles. The summed E-state index contributed by atoms with van der Waals surface area (Å²) in [5, 5.41) is 10.4. The number of nitrogens with zero attached hydrogens (tertiary/aromatic N) is 2. The molecule has 0 aliphatic rings. The molecule has 3 N–H and O–H groups in total. The van der Waals surface area contributed by atoms with Crippen molar-refractivity contribution in [2.45, 2.75) is 19.6 Å². The average molecular weight is 247 g/mol. The third kappa shape index (κ3) is 2.04. The molecule has 1 aromatic heterocycles. The highest BCUT2D eigenvalue weighted by molar-refractivity contribution is 5.60.